The van der Waals surface area contributed by atoms with Crippen LogP contribution in [0.2, 0.25) is 0 Å². The van der Waals surface area contributed by atoms with Crippen LogP contribution in [-0.2, 0) is 4.79 Å². The summed E-state index contributed by atoms with van der Waals surface area (Å²) in [6.07, 6.45) is 0. The highest BCUT2D eigenvalue weighted by Gasteiger charge is 2.22. The molecule has 94 valence electrons. The highest BCUT2D eigenvalue weighted by Crippen LogP contribution is 2.12. The van der Waals surface area contributed by atoms with Gasteiger partial charge in [-0.15, -0.1) is 10.2 Å². The second-order valence-electron chi connectivity index (χ2n) is 4.33. The average molecular weight is 246 g/mol. The molecule has 18 heavy (non-hydrogen) atoms. The summed E-state index contributed by atoms with van der Waals surface area (Å²) in [6, 6.07) is 6.57. The number of hydrogen-bond donors (Lipinski definition) is 2. The van der Waals surface area contributed by atoms with E-state index in [1.54, 1.807) is 12.1 Å². The van der Waals surface area contributed by atoms with Crippen LogP contribution in [0.5, 0.6) is 0 Å². The van der Waals surface area contributed by atoms with E-state index >= 15 is 0 Å². The Morgan fingerprint density at radius 1 is 1.22 bits per heavy atom. The van der Waals surface area contributed by atoms with Gasteiger partial charge in [-0.3, -0.25) is 0 Å². The molecular weight excluding hydrogens is 232 g/mol. The summed E-state index contributed by atoms with van der Waals surface area (Å²) in [4.78, 5) is 15.3. The highest BCUT2D eigenvalue weighted by atomic mass is 16.4. The number of aliphatic carboxylic acids is 1. The lowest BCUT2D eigenvalue weighted by molar-refractivity contribution is -0.138. The van der Waals surface area contributed by atoms with E-state index in [0.29, 0.717) is 11.0 Å². The van der Waals surface area contributed by atoms with Crippen molar-refractivity contribution in [3.8, 4) is 0 Å². The molecule has 0 aliphatic heterocycles. The number of rotatable bonds is 4. The van der Waals surface area contributed by atoms with E-state index in [2.05, 4.69) is 20.5 Å². The molecule has 2 N–H and O–H groups in total. The Morgan fingerprint density at radius 3 is 2.50 bits per heavy atom. The average Bonchev–Trinajstić information content (AvgIpc) is 2.35. The predicted molar refractivity (Wildman–Crippen MR) is 67.2 cm³/mol. The van der Waals surface area contributed by atoms with Crippen molar-refractivity contribution in [3.05, 3.63) is 24.3 Å². The smallest absolute Gasteiger partial charge is 0.326 e. The highest BCUT2D eigenvalue weighted by molar-refractivity contribution is 5.78. The van der Waals surface area contributed by atoms with Crippen LogP contribution in [0.1, 0.15) is 13.8 Å². The molecule has 1 heterocycles. The van der Waals surface area contributed by atoms with Crippen molar-refractivity contribution in [2.24, 2.45) is 5.92 Å². The van der Waals surface area contributed by atoms with Gasteiger partial charge in [0.2, 0.25) is 5.95 Å². The first-order valence-corrected chi connectivity index (χ1v) is 5.66. The molecule has 6 nitrogen and oxygen atoms in total. The van der Waals surface area contributed by atoms with Gasteiger partial charge >= 0.3 is 5.97 Å². The Labute approximate surface area is 104 Å². The van der Waals surface area contributed by atoms with Gasteiger partial charge in [0.1, 0.15) is 11.6 Å². The molecule has 2 aromatic rings. The minimum absolute atomic E-state index is 0.0717. The fraction of sp³-hybridized carbons (Fsp3) is 0.333. The van der Waals surface area contributed by atoms with Crippen molar-refractivity contribution in [1.29, 1.82) is 0 Å². The van der Waals surface area contributed by atoms with Gasteiger partial charge in [-0.05, 0) is 18.1 Å². The lowest BCUT2D eigenvalue weighted by atomic mass is 10.1. The van der Waals surface area contributed by atoms with Gasteiger partial charge in [-0.25, -0.2) is 9.78 Å². The SMILES string of the molecule is CC(C)C(Nc1nnc2ccccc2n1)C(=O)O. The van der Waals surface area contributed by atoms with Crippen LogP contribution >= 0.6 is 0 Å². The fourth-order valence-electron chi connectivity index (χ4n) is 1.59. The van der Waals surface area contributed by atoms with Gasteiger partial charge < -0.3 is 10.4 Å². The second-order valence-corrected chi connectivity index (χ2v) is 4.33. The molecule has 0 radical (unpaired) electrons. The van der Waals surface area contributed by atoms with Crippen molar-refractivity contribution >= 4 is 23.0 Å². The Kier molecular flexibility index (Phi) is 3.36. The van der Waals surface area contributed by atoms with E-state index in [9.17, 15) is 4.79 Å². The van der Waals surface area contributed by atoms with Crippen molar-refractivity contribution in [2.45, 2.75) is 19.9 Å². The van der Waals surface area contributed by atoms with Gasteiger partial charge in [0.15, 0.2) is 0 Å². The Morgan fingerprint density at radius 2 is 1.89 bits per heavy atom. The van der Waals surface area contributed by atoms with Gasteiger partial charge in [-0.2, -0.15) is 0 Å². The Hall–Kier alpha value is -2.24. The number of para-hydroxylation sites is 1. The standard InChI is InChI=1S/C12H14N4O2/c1-7(2)10(11(17)18)14-12-13-8-5-3-4-6-9(8)15-16-12/h3-7,10H,1-2H3,(H,17,18)(H,13,14,16). The zero-order chi connectivity index (χ0) is 13.1. The number of hydrogen-bond acceptors (Lipinski definition) is 5. The van der Waals surface area contributed by atoms with E-state index in [0.717, 1.165) is 0 Å². The Balaban J connectivity index is 2.28. The van der Waals surface area contributed by atoms with E-state index in [1.165, 1.54) is 0 Å². The van der Waals surface area contributed by atoms with Crippen LogP contribution in [0.25, 0.3) is 11.0 Å². The molecule has 0 bridgehead atoms. The summed E-state index contributed by atoms with van der Waals surface area (Å²) in [7, 11) is 0. The number of carbonyl (C=O) groups is 1. The lowest BCUT2D eigenvalue weighted by Crippen LogP contribution is -2.35. The molecule has 0 aliphatic carbocycles. The lowest BCUT2D eigenvalue weighted by Gasteiger charge is -2.17. The van der Waals surface area contributed by atoms with Crippen LogP contribution < -0.4 is 5.32 Å². The molecule has 0 fully saturated rings. The number of carboxylic acid groups (broad SMARTS) is 1. The minimum Gasteiger partial charge on any atom is -0.480 e. The molecule has 1 atom stereocenters. The van der Waals surface area contributed by atoms with E-state index in [1.807, 2.05) is 26.0 Å². The van der Waals surface area contributed by atoms with Crippen molar-refractivity contribution in [1.82, 2.24) is 15.2 Å². The number of anilines is 1. The Bertz CT molecular complexity index is 571. The number of fused-ring (bicyclic) bond motifs is 1. The van der Waals surface area contributed by atoms with Gasteiger partial charge in [0, 0.05) is 0 Å². The number of carboxylic acids is 1. The molecule has 0 spiro atoms. The third-order valence-corrected chi connectivity index (χ3v) is 2.58. The first-order valence-electron chi connectivity index (χ1n) is 5.66. The molecule has 0 aliphatic rings. The molecule has 6 heteroatoms. The first kappa shape index (κ1) is 12.2. The molecule has 2 rings (SSSR count). The summed E-state index contributed by atoms with van der Waals surface area (Å²) in [5, 5.41) is 19.7. The zero-order valence-electron chi connectivity index (χ0n) is 10.2. The predicted octanol–water partition coefficient (Wildman–Crippen LogP) is 1.55. The topological polar surface area (TPSA) is 88.0 Å². The third-order valence-electron chi connectivity index (χ3n) is 2.58. The third kappa shape index (κ3) is 2.53. The number of benzene rings is 1. The van der Waals surface area contributed by atoms with Crippen molar-refractivity contribution in [3.63, 3.8) is 0 Å². The largest absolute Gasteiger partial charge is 0.480 e. The number of nitrogens with one attached hydrogen (secondary N) is 1. The van der Waals surface area contributed by atoms with Crippen LogP contribution in [-0.4, -0.2) is 32.3 Å². The van der Waals surface area contributed by atoms with Gasteiger partial charge in [0.05, 0.1) is 5.52 Å². The minimum atomic E-state index is -0.929. The van der Waals surface area contributed by atoms with Gasteiger partial charge in [-0.1, -0.05) is 26.0 Å². The second kappa shape index (κ2) is 4.95. The normalized spacial score (nSPS) is 12.6. The maximum absolute atomic E-state index is 11.1. The maximum atomic E-state index is 11.1. The van der Waals surface area contributed by atoms with Crippen LogP contribution in [0, 0.1) is 5.92 Å². The van der Waals surface area contributed by atoms with E-state index in [-0.39, 0.29) is 11.9 Å². The summed E-state index contributed by atoms with van der Waals surface area (Å²) in [5.74, 6) is -0.769. The van der Waals surface area contributed by atoms with Crippen molar-refractivity contribution < 1.29 is 9.90 Å². The fourth-order valence-corrected chi connectivity index (χ4v) is 1.59. The summed E-state index contributed by atoms with van der Waals surface area (Å²) < 4.78 is 0. The first-order chi connectivity index (χ1) is 8.58. The molecule has 0 amide bonds. The molecule has 1 aromatic heterocycles. The summed E-state index contributed by atoms with van der Waals surface area (Å²) in [5.41, 5.74) is 1.36. The molecule has 0 saturated heterocycles. The van der Waals surface area contributed by atoms with Crippen LogP contribution in [0.3, 0.4) is 0 Å². The maximum Gasteiger partial charge on any atom is 0.326 e. The zero-order valence-corrected chi connectivity index (χ0v) is 10.2. The van der Waals surface area contributed by atoms with E-state index in [4.69, 9.17) is 5.11 Å². The van der Waals surface area contributed by atoms with E-state index < -0.39 is 12.0 Å². The summed E-state index contributed by atoms with van der Waals surface area (Å²) in [6.45, 7) is 3.64. The van der Waals surface area contributed by atoms with Crippen LogP contribution in [0.15, 0.2) is 24.3 Å². The van der Waals surface area contributed by atoms with Crippen LogP contribution in [0.4, 0.5) is 5.95 Å². The summed E-state index contributed by atoms with van der Waals surface area (Å²) >= 11 is 0. The quantitative estimate of drug-likeness (QED) is 0.850. The molecule has 1 unspecified atom stereocenters. The molecule has 1 aromatic carbocycles. The van der Waals surface area contributed by atoms with Gasteiger partial charge in [0.25, 0.3) is 0 Å². The number of nitrogens with zero attached hydrogens (tertiary/aromatic N) is 3. The molecular formula is C12H14N4O2. The molecule has 0 saturated carbocycles. The van der Waals surface area contributed by atoms with Crippen molar-refractivity contribution in [2.75, 3.05) is 5.32 Å². The monoisotopic (exact) mass is 246 g/mol. The number of aromatic nitrogens is 3.